The van der Waals surface area contributed by atoms with Crippen LogP contribution in [0.5, 0.6) is 0 Å². The Bertz CT molecular complexity index is 527. The Hall–Kier alpha value is -1.96. The van der Waals surface area contributed by atoms with Crippen LogP contribution in [0.3, 0.4) is 0 Å². The van der Waals surface area contributed by atoms with Crippen molar-refractivity contribution in [3.8, 4) is 0 Å². The highest BCUT2D eigenvalue weighted by molar-refractivity contribution is 5.49. The molecule has 2 rings (SSSR count). The Balaban J connectivity index is 1.97. The molecule has 0 bridgehead atoms. The molecule has 0 unspecified atom stereocenters. The first-order valence-corrected chi connectivity index (χ1v) is 7.37. The van der Waals surface area contributed by atoms with Gasteiger partial charge < -0.3 is 10.2 Å². The molecule has 0 aliphatic carbocycles. The van der Waals surface area contributed by atoms with Gasteiger partial charge in [0.25, 0.3) is 0 Å². The highest BCUT2D eigenvalue weighted by atomic mass is 15.1. The third-order valence-corrected chi connectivity index (χ3v) is 3.58. The molecule has 0 fully saturated rings. The van der Waals surface area contributed by atoms with Crippen LogP contribution in [0.15, 0.2) is 48.5 Å². The van der Waals surface area contributed by atoms with E-state index in [0.29, 0.717) is 0 Å². The number of nitrogens with one attached hydrogen (secondary N) is 1. The fourth-order valence-corrected chi connectivity index (χ4v) is 2.37. The third-order valence-electron chi connectivity index (χ3n) is 3.58. The molecule has 0 saturated carbocycles. The van der Waals surface area contributed by atoms with Crippen LogP contribution in [0, 0.1) is 6.92 Å². The van der Waals surface area contributed by atoms with Crippen molar-refractivity contribution in [3.05, 3.63) is 59.7 Å². The van der Waals surface area contributed by atoms with Gasteiger partial charge in [-0.05, 0) is 56.2 Å². The lowest BCUT2D eigenvalue weighted by atomic mass is 10.1. The van der Waals surface area contributed by atoms with E-state index in [1.54, 1.807) is 0 Å². The van der Waals surface area contributed by atoms with Gasteiger partial charge in [0.05, 0.1) is 0 Å². The summed E-state index contributed by atoms with van der Waals surface area (Å²) in [5.74, 6) is 0. The summed E-state index contributed by atoms with van der Waals surface area (Å²) < 4.78 is 0. The van der Waals surface area contributed by atoms with Crippen LogP contribution in [-0.4, -0.2) is 13.1 Å². The zero-order valence-corrected chi connectivity index (χ0v) is 12.7. The molecule has 0 spiro atoms. The first kappa shape index (κ1) is 14.4. The highest BCUT2D eigenvalue weighted by Gasteiger charge is 2.01. The van der Waals surface area contributed by atoms with Gasteiger partial charge in [0.1, 0.15) is 0 Å². The zero-order chi connectivity index (χ0) is 14.4. The van der Waals surface area contributed by atoms with Crippen LogP contribution in [0.1, 0.15) is 25.0 Å². The molecule has 0 aliphatic heterocycles. The number of nitrogens with zero attached hydrogens (tertiary/aromatic N) is 1. The van der Waals surface area contributed by atoms with E-state index in [4.69, 9.17) is 0 Å². The maximum atomic E-state index is 3.46. The quantitative estimate of drug-likeness (QED) is 0.832. The van der Waals surface area contributed by atoms with Crippen LogP contribution >= 0.6 is 0 Å². The van der Waals surface area contributed by atoms with E-state index in [2.05, 4.69) is 79.5 Å². The summed E-state index contributed by atoms with van der Waals surface area (Å²) in [5.41, 5.74) is 5.07. The molecule has 0 heterocycles. The van der Waals surface area contributed by atoms with Crippen LogP contribution in [0.2, 0.25) is 0 Å². The Morgan fingerprint density at radius 2 is 1.65 bits per heavy atom. The molecule has 2 heteroatoms. The van der Waals surface area contributed by atoms with Gasteiger partial charge in [-0.2, -0.15) is 0 Å². The predicted octanol–water partition coefficient (Wildman–Crippen LogP) is 4.45. The van der Waals surface area contributed by atoms with Crippen molar-refractivity contribution < 1.29 is 0 Å². The number of anilines is 2. The summed E-state index contributed by atoms with van der Waals surface area (Å²) in [7, 11) is 0. The Morgan fingerprint density at radius 1 is 0.950 bits per heavy atom. The van der Waals surface area contributed by atoms with Crippen LogP contribution in [-0.2, 0) is 6.54 Å². The first-order valence-electron chi connectivity index (χ1n) is 7.37. The molecular weight excluding hydrogens is 244 g/mol. The minimum Gasteiger partial charge on any atom is -0.381 e. The maximum Gasteiger partial charge on any atom is 0.0400 e. The van der Waals surface area contributed by atoms with E-state index in [1.807, 2.05) is 0 Å². The van der Waals surface area contributed by atoms with Crippen LogP contribution < -0.4 is 10.2 Å². The van der Waals surface area contributed by atoms with Gasteiger partial charge in [0, 0.05) is 31.0 Å². The van der Waals surface area contributed by atoms with Gasteiger partial charge in [-0.25, -0.2) is 0 Å². The van der Waals surface area contributed by atoms with Gasteiger partial charge in [0.15, 0.2) is 0 Å². The maximum absolute atomic E-state index is 3.46. The average molecular weight is 268 g/mol. The zero-order valence-electron chi connectivity index (χ0n) is 12.7. The molecule has 0 atom stereocenters. The van der Waals surface area contributed by atoms with Gasteiger partial charge in [-0.3, -0.25) is 0 Å². The number of hydrogen-bond acceptors (Lipinski definition) is 2. The minimum atomic E-state index is 0.863. The molecule has 2 nitrogen and oxygen atoms in total. The smallest absolute Gasteiger partial charge is 0.0400 e. The summed E-state index contributed by atoms with van der Waals surface area (Å²) in [6, 6.07) is 17.3. The number of hydrogen-bond donors (Lipinski definition) is 1. The molecule has 0 saturated heterocycles. The topological polar surface area (TPSA) is 15.3 Å². The highest BCUT2D eigenvalue weighted by Crippen LogP contribution is 2.16. The molecule has 20 heavy (non-hydrogen) atoms. The van der Waals surface area contributed by atoms with Crippen molar-refractivity contribution >= 4 is 11.4 Å². The summed E-state index contributed by atoms with van der Waals surface area (Å²) in [6.45, 7) is 9.47. The fourth-order valence-electron chi connectivity index (χ4n) is 2.37. The lowest BCUT2D eigenvalue weighted by molar-refractivity contribution is 0.865. The van der Waals surface area contributed by atoms with Crippen molar-refractivity contribution in [2.45, 2.75) is 27.3 Å². The average Bonchev–Trinajstić information content (AvgIpc) is 2.48. The second-order valence-electron chi connectivity index (χ2n) is 5.06. The normalized spacial score (nSPS) is 10.3. The lowest BCUT2D eigenvalue weighted by Crippen LogP contribution is -2.21. The van der Waals surface area contributed by atoms with E-state index in [-0.39, 0.29) is 0 Å². The standard InChI is InChI=1S/C18H24N2/c1-4-20(5-2)18-11-9-16(10-12-18)14-19-17-8-6-7-15(3)13-17/h6-13,19H,4-5,14H2,1-3H3. The minimum absolute atomic E-state index is 0.863. The van der Waals surface area contributed by atoms with Gasteiger partial charge in [0.2, 0.25) is 0 Å². The molecule has 0 radical (unpaired) electrons. The molecule has 2 aromatic carbocycles. The molecule has 1 N–H and O–H groups in total. The van der Waals surface area contributed by atoms with Crippen molar-refractivity contribution in [3.63, 3.8) is 0 Å². The number of rotatable bonds is 6. The number of benzene rings is 2. The molecule has 0 aromatic heterocycles. The summed E-state index contributed by atoms with van der Waals surface area (Å²) >= 11 is 0. The molecule has 0 amide bonds. The van der Waals surface area contributed by atoms with Crippen molar-refractivity contribution in [1.82, 2.24) is 0 Å². The van der Waals surface area contributed by atoms with Gasteiger partial charge in [-0.15, -0.1) is 0 Å². The summed E-state index contributed by atoms with van der Waals surface area (Å²) in [5, 5.41) is 3.46. The molecule has 106 valence electrons. The first-order chi connectivity index (χ1) is 9.72. The fraction of sp³-hybridized carbons (Fsp3) is 0.333. The Labute approximate surface area is 122 Å². The van der Waals surface area contributed by atoms with Crippen LogP contribution in [0.4, 0.5) is 11.4 Å². The Kier molecular flexibility index (Phi) is 5.05. The lowest BCUT2D eigenvalue weighted by Gasteiger charge is -2.21. The molecular formula is C18H24N2. The Morgan fingerprint density at radius 3 is 2.25 bits per heavy atom. The van der Waals surface area contributed by atoms with Crippen molar-refractivity contribution in [2.24, 2.45) is 0 Å². The SMILES string of the molecule is CCN(CC)c1ccc(CNc2cccc(C)c2)cc1. The van der Waals surface area contributed by atoms with E-state index in [9.17, 15) is 0 Å². The second-order valence-corrected chi connectivity index (χ2v) is 5.06. The van der Waals surface area contributed by atoms with Crippen molar-refractivity contribution in [2.75, 3.05) is 23.3 Å². The molecule has 0 aliphatic rings. The summed E-state index contributed by atoms with van der Waals surface area (Å²) in [4.78, 5) is 2.36. The monoisotopic (exact) mass is 268 g/mol. The molecule has 2 aromatic rings. The van der Waals surface area contributed by atoms with E-state index in [1.165, 1.54) is 22.5 Å². The van der Waals surface area contributed by atoms with E-state index in [0.717, 1.165) is 19.6 Å². The van der Waals surface area contributed by atoms with E-state index >= 15 is 0 Å². The summed E-state index contributed by atoms with van der Waals surface area (Å²) in [6.07, 6.45) is 0. The predicted molar refractivity (Wildman–Crippen MR) is 88.5 cm³/mol. The second kappa shape index (κ2) is 6.99. The number of aryl methyl sites for hydroxylation is 1. The van der Waals surface area contributed by atoms with Gasteiger partial charge in [-0.1, -0.05) is 24.3 Å². The largest absolute Gasteiger partial charge is 0.381 e. The van der Waals surface area contributed by atoms with Crippen molar-refractivity contribution in [1.29, 1.82) is 0 Å². The van der Waals surface area contributed by atoms with Crippen LogP contribution in [0.25, 0.3) is 0 Å². The third kappa shape index (κ3) is 3.77. The van der Waals surface area contributed by atoms with Gasteiger partial charge >= 0.3 is 0 Å². The van der Waals surface area contributed by atoms with E-state index < -0.39 is 0 Å².